The number of hydrogen-bond acceptors (Lipinski definition) is 5. The number of nitrogens with zero attached hydrogens (tertiary/aromatic N) is 2. The van der Waals surface area contributed by atoms with Gasteiger partial charge in [-0.15, -0.1) is 0 Å². The van der Waals surface area contributed by atoms with Crippen LogP contribution in [0.15, 0.2) is 77.4 Å². The Bertz CT molecular complexity index is 883. The number of benzene rings is 2. The number of cyclic esters (lactones) is 1. The van der Waals surface area contributed by atoms with Gasteiger partial charge in [-0.1, -0.05) is 36.4 Å². The van der Waals surface area contributed by atoms with Crippen LogP contribution in [0, 0.1) is 10.1 Å². The van der Waals surface area contributed by atoms with Crippen LogP contribution in [0.5, 0.6) is 0 Å². The smallest absolute Gasteiger partial charge is 0.363 e. The molecule has 0 N–H and O–H groups in total. The number of hydrogen-bond donors (Lipinski definition) is 0. The van der Waals surface area contributed by atoms with E-state index >= 15 is 0 Å². The van der Waals surface area contributed by atoms with Gasteiger partial charge in [0.2, 0.25) is 5.90 Å². The van der Waals surface area contributed by atoms with Crippen molar-refractivity contribution in [2.24, 2.45) is 4.99 Å². The molecule has 1 aliphatic rings. The Balaban J connectivity index is 1.83. The SMILES string of the molecule is O=C1OC(c2ccccc2)=NC1=CC=Cc1ccccc1[N+](=O)[O-]. The lowest BCUT2D eigenvalue weighted by Crippen LogP contribution is -2.04. The second-order valence-corrected chi connectivity index (χ2v) is 4.90. The fourth-order valence-electron chi connectivity index (χ4n) is 2.17. The van der Waals surface area contributed by atoms with E-state index in [2.05, 4.69) is 4.99 Å². The zero-order valence-corrected chi connectivity index (χ0v) is 12.5. The predicted octanol–water partition coefficient (Wildman–Crippen LogP) is 3.50. The number of rotatable bonds is 4. The van der Waals surface area contributed by atoms with Gasteiger partial charge in [-0.25, -0.2) is 9.79 Å². The third-order valence-corrected chi connectivity index (χ3v) is 3.30. The van der Waals surface area contributed by atoms with E-state index in [1.165, 1.54) is 18.2 Å². The Morgan fingerprint density at radius 2 is 1.75 bits per heavy atom. The van der Waals surface area contributed by atoms with E-state index in [0.29, 0.717) is 11.1 Å². The van der Waals surface area contributed by atoms with Gasteiger partial charge in [0.05, 0.1) is 10.5 Å². The summed E-state index contributed by atoms with van der Waals surface area (Å²) in [6.45, 7) is 0. The number of nitro benzene ring substituents is 1. The number of allylic oxidation sites excluding steroid dienone is 2. The number of carbonyl (C=O) groups excluding carboxylic acids is 1. The molecular formula is C18H12N2O4. The molecule has 118 valence electrons. The Morgan fingerprint density at radius 3 is 2.50 bits per heavy atom. The molecule has 0 atom stereocenters. The Kier molecular flexibility index (Phi) is 4.29. The van der Waals surface area contributed by atoms with Gasteiger partial charge in [-0.3, -0.25) is 10.1 Å². The van der Waals surface area contributed by atoms with E-state index in [0.717, 1.165) is 0 Å². The van der Waals surface area contributed by atoms with Crippen molar-refractivity contribution in [3.63, 3.8) is 0 Å². The zero-order chi connectivity index (χ0) is 16.9. The summed E-state index contributed by atoms with van der Waals surface area (Å²) >= 11 is 0. The monoisotopic (exact) mass is 320 g/mol. The molecule has 0 bridgehead atoms. The lowest BCUT2D eigenvalue weighted by atomic mass is 10.1. The molecular weight excluding hydrogens is 308 g/mol. The van der Waals surface area contributed by atoms with Gasteiger partial charge in [0.15, 0.2) is 5.70 Å². The van der Waals surface area contributed by atoms with Gasteiger partial charge in [0.1, 0.15) is 0 Å². The van der Waals surface area contributed by atoms with Crippen molar-refractivity contribution in [2.45, 2.75) is 0 Å². The number of esters is 1. The van der Waals surface area contributed by atoms with Gasteiger partial charge >= 0.3 is 5.97 Å². The van der Waals surface area contributed by atoms with Crippen molar-refractivity contribution >= 4 is 23.6 Å². The van der Waals surface area contributed by atoms with Crippen LogP contribution < -0.4 is 0 Å². The maximum Gasteiger partial charge on any atom is 0.363 e. The lowest BCUT2D eigenvalue weighted by molar-refractivity contribution is -0.385. The quantitative estimate of drug-likeness (QED) is 0.374. The molecule has 0 aromatic heterocycles. The highest BCUT2D eigenvalue weighted by Crippen LogP contribution is 2.20. The summed E-state index contributed by atoms with van der Waals surface area (Å²) in [5.74, 6) is -0.313. The lowest BCUT2D eigenvalue weighted by Gasteiger charge is -1.97. The average Bonchev–Trinajstić information content (AvgIpc) is 2.97. The predicted molar refractivity (Wildman–Crippen MR) is 89.3 cm³/mol. The highest BCUT2D eigenvalue weighted by Gasteiger charge is 2.23. The van der Waals surface area contributed by atoms with Crippen LogP contribution >= 0.6 is 0 Å². The number of ether oxygens (including phenoxy) is 1. The molecule has 24 heavy (non-hydrogen) atoms. The zero-order valence-electron chi connectivity index (χ0n) is 12.5. The molecule has 3 rings (SSSR count). The molecule has 0 saturated carbocycles. The summed E-state index contributed by atoms with van der Waals surface area (Å²) in [5.41, 5.74) is 1.29. The van der Waals surface area contributed by atoms with Gasteiger partial charge in [0.25, 0.3) is 5.69 Å². The summed E-state index contributed by atoms with van der Waals surface area (Å²) in [6.07, 6.45) is 4.56. The highest BCUT2D eigenvalue weighted by molar-refractivity contribution is 6.11. The molecule has 6 heteroatoms. The molecule has 0 saturated heterocycles. The number of para-hydroxylation sites is 1. The maximum absolute atomic E-state index is 11.8. The van der Waals surface area contributed by atoms with Crippen molar-refractivity contribution in [2.75, 3.05) is 0 Å². The van der Waals surface area contributed by atoms with E-state index in [9.17, 15) is 14.9 Å². The number of carbonyl (C=O) groups is 1. The Morgan fingerprint density at radius 1 is 1.04 bits per heavy atom. The molecule has 0 spiro atoms. The Labute approximate surface area is 137 Å². The molecule has 6 nitrogen and oxygen atoms in total. The molecule has 0 aliphatic carbocycles. The number of nitro groups is 1. The first-order valence-corrected chi connectivity index (χ1v) is 7.13. The summed E-state index contributed by atoms with van der Waals surface area (Å²) in [7, 11) is 0. The van der Waals surface area contributed by atoms with E-state index < -0.39 is 10.9 Å². The fraction of sp³-hybridized carbons (Fsp3) is 0. The largest absolute Gasteiger partial charge is 0.402 e. The summed E-state index contributed by atoms with van der Waals surface area (Å²) < 4.78 is 5.13. The third-order valence-electron chi connectivity index (χ3n) is 3.30. The van der Waals surface area contributed by atoms with Crippen LogP contribution in [-0.2, 0) is 9.53 Å². The first-order chi connectivity index (χ1) is 11.6. The fourth-order valence-corrected chi connectivity index (χ4v) is 2.17. The minimum atomic E-state index is -0.555. The first kappa shape index (κ1) is 15.4. The van der Waals surface area contributed by atoms with E-state index in [4.69, 9.17) is 4.74 Å². The normalized spacial score (nSPS) is 15.6. The molecule has 0 radical (unpaired) electrons. The van der Waals surface area contributed by atoms with Crippen molar-refractivity contribution in [1.82, 2.24) is 0 Å². The molecule has 0 amide bonds. The summed E-state index contributed by atoms with van der Waals surface area (Å²) in [5, 5.41) is 11.0. The van der Waals surface area contributed by atoms with Gasteiger partial charge in [0, 0.05) is 11.6 Å². The van der Waals surface area contributed by atoms with Crippen LogP contribution in [0.3, 0.4) is 0 Å². The molecule has 0 fully saturated rings. The molecule has 2 aromatic rings. The van der Waals surface area contributed by atoms with Gasteiger partial charge in [-0.2, -0.15) is 0 Å². The first-order valence-electron chi connectivity index (χ1n) is 7.13. The van der Waals surface area contributed by atoms with Crippen molar-refractivity contribution in [1.29, 1.82) is 0 Å². The maximum atomic E-state index is 11.8. The van der Waals surface area contributed by atoms with Crippen LogP contribution in [0.1, 0.15) is 11.1 Å². The van der Waals surface area contributed by atoms with Crippen LogP contribution in [-0.4, -0.2) is 16.8 Å². The van der Waals surface area contributed by atoms with E-state index in [1.807, 2.05) is 18.2 Å². The van der Waals surface area contributed by atoms with Crippen LogP contribution in [0.2, 0.25) is 0 Å². The second-order valence-electron chi connectivity index (χ2n) is 4.90. The van der Waals surface area contributed by atoms with Crippen molar-refractivity contribution in [3.8, 4) is 0 Å². The molecule has 2 aromatic carbocycles. The van der Waals surface area contributed by atoms with Crippen molar-refractivity contribution < 1.29 is 14.5 Å². The standard InChI is InChI=1S/C18H12N2O4/c21-18-15(19-17(24-18)14-8-2-1-3-9-14)11-6-10-13-7-4-5-12-16(13)20(22)23/h1-12H. The Hall–Kier alpha value is -3.54. The average molecular weight is 320 g/mol. The van der Waals surface area contributed by atoms with Crippen LogP contribution in [0.25, 0.3) is 6.08 Å². The van der Waals surface area contributed by atoms with Crippen LogP contribution in [0.4, 0.5) is 5.69 Å². The molecule has 1 heterocycles. The second kappa shape index (κ2) is 6.70. The van der Waals surface area contributed by atoms with Gasteiger partial charge in [-0.05, 0) is 30.4 Å². The van der Waals surface area contributed by atoms with Crippen molar-refractivity contribution in [3.05, 3.63) is 93.7 Å². The highest BCUT2D eigenvalue weighted by atomic mass is 16.6. The topological polar surface area (TPSA) is 81.8 Å². The summed E-state index contributed by atoms with van der Waals surface area (Å²) in [6, 6.07) is 15.4. The molecule has 0 unspecified atom stereocenters. The van der Waals surface area contributed by atoms with E-state index in [-0.39, 0.29) is 17.3 Å². The number of aliphatic imine (C=N–C) groups is 1. The summed E-state index contributed by atoms with van der Waals surface area (Å²) in [4.78, 5) is 26.5. The minimum Gasteiger partial charge on any atom is -0.402 e. The third kappa shape index (κ3) is 3.27. The van der Waals surface area contributed by atoms with E-state index in [1.54, 1.807) is 36.4 Å². The van der Waals surface area contributed by atoms with Gasteiger partial charge < -0.3 is 4.74 Å². The minimum absolute atomic E-state index is 0.00498. The molecule has 1 aliphatic heterocycles.